The van der Waals surface area contributed by atoms with Gasteiger partial charge in [-0.25, -0.2) is 0 Å². The van der Waals surface area contributed by atoms with Crippen molar-refractivity contribution in [3.63, 3.8) is 0 Å². The summed E-state index contributed by atoms with van der Waals surface area (Å²) in [6.45, 7) is 0.528. The van der Waals surface area contributed by atoms with E-state index in [1.54, 1.807) is 0 Å². The maximum Gasteiger partial charge on any atom is 0.305 e. The maximum atomic E-state index is 11.0. The Bertz CT molecular complexity index is 445. The van der Waals surface area contributed by atoms with Gasteiger partial charge in [0, 0.05) is 12.5 Å². The number of fused-ring (bicyclic) bond motifs is 1. The fourth-order valence-corrected chi connectivity index (χ4v) is 2.43. The Morgan fingerprint density at radius 3 is 3.11 bits per heavy atom. The first kappa shape index (κ1) is 13.9. The third-order valence-corrected chi connectivity index (χ3v) is 3.50. The number of aryl methyl sites for hydroxylation is 1. The van der Waals surface area contributed by atoms with Gasteiger partial charge in [-0.3, -0.25) is 4.79 Å². The van der Waals surface area contributed by atoms with Gasteiger partial charge in [-0.15, -0.1) is 0 Å². The van der Waals surface area contributed by atoms with Crippen LogP contribution in [-0.2, 0) is 16.0 Å². The lowest BCUT2D eigenvalue weighted by Gasteiger charge is -2.22. The predicted molar refractivity (Wildman–Crippen MR) is 73.1 cm³/mol. The van der Waals surface area contributed by atoms with E-state index in [0.29, 0.717) is 19.4 Å². The highest BCUT2D eigenvalue weighted by molar-refractivity contribution is 5.69. The molecular weight excluding hydrogens is 242 g/mol. The Morgan fingerprint density at radius 2 is 2.32 bits per heavy atom. The van der Waals surface area contributed by atoms with Crippen LogP contribution < -0.4 is 10.5 Å². The Balaban J connectivity index is 1.86. The number of hydrogen-bond acceptors (Lipinski definition) is 4. The Labute approximate surface area is 113 Å². The van der Waals surface area contributed by atoms with E-state index in [1.165, 1.54) is 18.2 Å². The Hall–Kier alpha value is -1.55. The number of hydrogen-bond donors (Lipinski definition) is 1. The highest BCUT2D eigenvalue weighted by Gasteiger charge is 2.16. The molecule has 0 saturated carbocycles. The second-order valence-electron chi connectivity index (χ2n) is 4.89. The van der Waals surface area contributed by atoms with E-state index in [0.717, 1.165) is 25.0 Å². The molecule has 0 radical (unpaired) electrons. The molecule has 0 aromatic heterocycles. The van der Waals surface area contributed by atoms with Crippen molar-refractivity contribution in [2.24, 2.45) is 5.73 Å². The van der Waals surface area contributed by atoms with Gasteiger partial charge in [0.15, 0.2) is 0 Å². The van der Waals surface area contributed by atoms with E-state index >= 15 is 0 Å². The van der Waals surface area contributed by atoms with Crippen molar-refractivity contribution in [1.29, 1.82) is 0 Å². The van der Waals surface area contributed by atoms with E-state index in [9.17, 15) is 4.79 Å². The van der Waals surface area contributed by atoms with Crippen molar-refractivity contribution < 1.29 is 14.3 Å². The summed E-state index contributed by atoms with van der Waals surface area (Å²) in [6, 6.07) is 6.26. The zero-order valence-electron chi connectivity index (χ0n) is 11.4. The first-order valence-electron chi connectivity index (χ1n) is 6.78. The van der Waals surface area contributed by atoms with E-state index in [1.807, 2.05) is 6.07 Å². The van der Waals surface area contributed by atoms with E-state index in [4.69, 9.17) is 10.5 Å². The number of nitrogens with two attached hydrogens (primary N) is 1. The molecule has 0 spiro atoms. The summed E-state index contributed by atoms with van der Waals surface area (Å²) in [5.41, 5.74) is 8.61. The van der Waals surface area contributed by atoms with Gasteiger partial charge in [0.25, 0.3) is 0 Å². The minimum Gasteiger partial charge on any atom is -0.494 e. The average molecular weight is 263 g/mol. The second kappa shape index (κ2) is 6.57. The van der Waals surface area contributed by atoms with Gasteiger partial charge in [0.1, 0.15) is 5.75 Å². The molecule has 1 aliphatic rings. The van der Waals surface area contributed by atoms with Crippen LogP contribution in [0.1, 0.15) is 42.9 Å². The third kappa shape index (κ3) is 3.70. The van der Waals surface area contributed by atoms with Gasteiger partial charge in [-0.05, 0) is 48.9 Å². The van der Waals surface area contributed by atoms with Gasteiger partial charge in [-0.1, -0.05) is 6.07 Å². The van der Waals surface area contributed by atoms with Gasteiger partial charge in [-0.2, -0.15) is 0 Å². The van der Waals surface area contributed by atoms with Crippen LogP contribution in [0.4, 0.5) is 0 Å². The zero-order valence-corrected chi connectivity index (χ0v) is 11.4. The van der Waals surface area contributed by atoms with E-state index in [2.05, 4.69) is 16.9 Å². The molecular formula is C15H21NO3. The minimum absolute atomic E-state index is 0.164. The summed E-state index contributed by atoms with van der Waals surface area (Å²) in [7, 11) is 1.40. The molecule has 0 aliphatic heterocycles. The van der Waals surface area contributed by atoms with Crippen molar-refractivity contribution in [3.8, 4) is 5.75 Å². The minimum atomic E-state index is -0.194. The van der Waals surface area contributed by atoms with Crippen molar-refractivity contribution >= 4 is 5.97 Å². The molecule has 1 atom stereocenters. The summed E-state index contributed by atoms with van der Waals surface area (Å²) in [5, 5.41) is 0. The number of methoxy groups -OCH3 is 1. The van der Waals surface area contributed by atoms with Gasteiger partial charge >= 0.3 is 5.97 Å². The van der Waals surface area contributed by atoms with Crippen LogP contribution in [-0.4, -0.2) is 19.7 Å². The lowest BCUT2D eigenvalue weighted by Crippen LogP contribution is -2.17. The molecule has 1 aromatic carbocycles. The predicted octanol–water partition coefficient (Wildman–Crippen LogP) is 2.35. The van der Waals surface area contributed by atoms with Crippen molar-refractivity contribution in [1.82, 2.24) is 0 Å². The van der Waals surface area contributed by atoms with E-state index < -0.39 is 0 Å². The third-order valence-electron chi connectivity index (χ3n) is 3.50. The molecule has 104 valence electrons. The number of rotatable bonds is 5. The van der Waals surface area contributed by atoms with Crippen LogP contribution in [0.3, 0.4) is 0 Å². The number of esters is 1. The lowest BCUT2D eigenvalue weighted by atomic mass is 9.88. The van der Waals surface area contributed by atoms with E-state index in [-0.39, 0.29) is 12.0 Å². The molecule has 4 nitrogen and oxygen atoms in total. The first-order valence-corrected chi connectivity index (χ1v) is 6.78. The van der Waals surface area contributed by atoms with Crippen LogP contribution >= 0.6 is 0 Å². The molecule has 0 bridgehead atoms. The number of carbonyl (C=O) groups is 1. The largest absolute Gasteiger partial charge is 0.494 e. The van der Waals surface area contributed by atoms with Gasteiger partial charge < -0.3 is 15.2 Å². The molecule has 0 saturated heterocycles. The molecule has 1 unspecified atom stereocenters. The fraction of sp³-hybridized carbons (Fsp3) is 0.533. The number of ether oxygens (including phenoxy) is 2. The summed E-state index contributed by atoms with van der Waals surface area (Å²) < 4.78 is 10.2. The molecule has 0 amide bonds. The molecule has 1 aromatic rings. The lowest BCUT2D eigenvalue weighted by molar-refractivity contribution is -0.140. The smallest absolute Gasteiger partial charge is 0.305 e. The maximum absolute atomic E-state index is 11.0. The molecule has 2 rings (SSSR count). The molecule has 0 heterocycles. The van der Waals surface area contributed by atoms with Crippen LogP contribution in [0.2, 0.25) is 0 Å². The number of benzene rings is 1. The normalized spacial score (nSPS) is 17.7. The summed E-state index contributed by atoms with van der Waals surface area (Å²) in [5.74, 6) is 0.665. The summed E-state index contributed by atoms with van der Waals surface area (Å²) in [6.07, 6.45) is 4.34. The number of carbonyl (C=O) groups excluding carboxylic acids is 1. The molecule has 1 aliphatic carbocycles. The highest BCUT2D eigenvalue weighted by atomic mass is 16.5. The van der Waals surface area contributed by atoms with Crippen molar-refractivity contribution in [3.05, 3.63) is 29.3 Å². The quantitative estimate of drug-likeness (QED) is 0.654. The standard InChI is InChI=1S/C15H21NO3/c1-18-15(17)6-3-9-19-12-7-8-13-11(10-12)4-2-5-14(13)16/h7-8,10,14H,2-6,9,16H2,1H3. The highest BCUT2D eigenvalue weighted by Crippen LogP contribution is 2.30. The summed E-state index contributed by atoms with van der Waals surface area (Å²) >= 11 is 0. The summed E-state index contributed by atoms with van der Waals surface area (Å²) in [4.78, 5) is 11.0. The van der Waals surface area contributed by atoms with Crippen molar-refractivity contribution in [2.75, 3.05) is 13.7 Å². The second-order valence-corrected chi connectivity index (χ2v) is 4.89. The molecule has 0 fully saturated rings. The van der Waals surface area contributed by atoms with Crippen LogP contribution in [0, 0.1) is 0 Å². The molecule has 19 heavy (non-hydrogen) atoms. The van der Waals surface area contributed by atoms with Crippen molar-refractivity contribution in [2.45, 2.75) is 38.1 Å². The van der Waals surface area contributed by atoms with Gasteiger partial charge in [0.2, 0.25) is 0 Å². The SMILES string of the molecule is COC(=O)CCCOc1ccc2c(c1)CCCC2N. The zero-order chi connectivity index (χ0) is 13.7. The monoisotopic (exact) mass is 263 g/mol. The average Bonchev–Trinajstić information content (AvgIpc) is 2.43. The van der Waals surface area contributed by atoms with Crippen LogP contribution in [0.5, 0.6) is 5.75 Å². The Kier molecular flexibility index (Phi) is 4.80. The molecule has 2 N–H and O–H groups in total. The van der Waals surface area contributed by atoms with Gasteiger partial charge in [0.05, 0.1) is 13.7 Å². The first-order chi connectivity index (χ1) is 9.20. The Morgan fingerprint density at radius 1 is 1.47 bits per heavy atom. The molecule has 4 heteroatoms. The van der Waals surface area contributed by atoms with Crippen LogP contribution in [0.15, 0.2) is 18.2 Å². The van der Waals surface area contributed by atoms with Crippen LogP contribution in [0.25, 0.3) is 0 Å². The topological polar surface area (TPSA) is 61.5 Å². The fourth-order valence-electron chi connectivity index (χ4n) is 2.43.